The fraction of sp³-hybridized carbons (Fsp3) is 0. The number of hydrogen-bond acceptors (Lipinski definition) is 4. The smallest absolute Gasteiger partial charge is 0.382 e. The van der Waals surface area contributed by atoms with Crippen molar-refractivity contribution in [2.75, 3.05) is 0 Å². The van der Waals surface area contributed by atoms with E-state index in [0.29, 0.717) is 17.2 Å². The number of benzene rings is 4. The van der Waals surface area contributed by atoms with Gasteiger partial charge in [0.15, 0.2) is 11.5 Å². The van der Waals surface area contributed by atoms with Gasteiger partial charge in [0, 0.05) is 5.56 Å². The second-order valence-electron chi connectivity index (χ2n) is 6.95. The third-order valence-corrected chi connectivity index (χ3v) is 6.42. The molecule has 2 aliphatic heterocycles. The van der Waals surface area contributed by atoms with Crippen molar-refractivity contribution in [3.8, 4) is 50.6 Å². The first-order valence-corrected chi connectivity index (χ1v) is 10.8. The van der Waals surface area contributed by atoms with Gasteiger partial charge < -0.3 is 13.6 Å². The first-order valence-electron chi connectivity index (χ1n) is 9.32. The highest BCUT2D eigenvalue weighted by atomic mass is 31.2. The van der Waals surface area contributed by atoms with Gasteiger partial charge in [-0.2, -0.15) is 4.57 Å². The first-order chi connectivity index (χ1) is 14.2. The molecular weight excluding hydrogens is 383 g/mol. The molecule has 0 radical (unpaired) electrons. The molecule has 0 aliphatic carbocycles. The molecule has 0 saturated carbocycles. The SMILES string of the molecule is O=P12Oc3cc(-c4ccccc4)c(-c4ccccc4-c4ccccc4)c(c3O1)O2. The van der Waals surface area contributed by atoms with Gasteiger partial charge in [0.1, 0.15) is 0 Å². The van der Waals surface area contributed by atoms with Crippen LogP contribution in [-0.2, 0) is 4.57 Å². The monoisotopic (exact) mass is 398 g/mol. The molecule has 0 fully saturated rings. The van der Waals surface area contributed by atoms with Crippen LogP contribution in [0.4, 0.5) is 0 Å². The molecule has 6 rings (SSSR count). The second kappa shape index (κ2) is 6.00. The lowest BCUT2D eigenvalue weighted by Crippen LogP contribution is -2.00. The summed E-state index contributed by atoms with van der Waals surface area (Å²) in [4.78, 5) is 0. The minimum Gasteiger partial charge on any atom is -0.382 e. The van der Waals surface area contributed by atoms with Crippen molar-refractivity contribution in [2.24, 2.45) is 0 Å². The van der Waals surface area contributed by atoms with Crippen molar-refractivity contribution in [3.63, 3.8) is 0 Å². The number of hydrogen-bond donors (Lipinski definition) is 0. The molecule has 140 valence electrons. The Morgan fingerprint density at radius 1 is 0.552 bits per heavy atom. The molecule has 0 spiro atoms. The summed E-state index contributed by atoms with van der Waals surface area (Å²) in [5.74, 6) is 1.37. The Balaban J connectivity index is 1.68. The van der Waals surface area contributed by atoms with E-state index in [1.807, 2.05) is 66.7 Å². The normalized spacial score (nSPS) is 18.1. The standard InChI is InChI=1S/C24H15O4P/c25-29-26-21-15-20(17-11-5-2-6-12-17)22(24(28-29)23(21)27-29)19-14-8-7-13-18(19)16-9-3-1-4-10-16/h1-15H. The number of phosphoric ester groups is 1. The predicted molar refractivity (Wildman–Crippen MR) is 112 cm³/mol. The summed E-state index contributed by atoms with van der Waals surface area (Å²) in [7, 11) is -3.59. The van der Waals surface area contributed by atoms with Crippen LogP contribution in [0.1, 0.15) is 0 Å². The zero-order valence-electron chi connectivity index (χ0n) is 15.2. The van der Waals surface area contributed by atoms with Crippen LogP contribution in [0.15, 0.2) is 91.0 Å². The molecule has 1 unspecified atom stereocenters. The molecule has 4 aromatic carbocycles. The van der Waals surface area contributed by atoms with E-state index >= 15 is 0 Å². The number of rotatable bonds is 3. The fourth-order valence-electron chi connectivity index (χ4n) is 3.94. The van der Waals surface area contributed by atoms with Crippen LogP contribution in [0.25, 0.3) is 33.4 Å². The molecule has 4 aromatic rings. The van der Waals surface area contributed by atoms with E-state index in [1.165, 1.54) is 0 Å². The molecule has 4 nitrogen and oxygen atoms in total. The van der Waals surface area contributed by atoms with Crippen molar-refractivity contribution in [3.05, 3.63) is 91.0 Å². The lowest BCUT2D eigenvalue weighted by atomic mass is 9.88. The fourth-order valence-corrected chi connectivity index (χ4v) is 5.22. The summed E-state index contributed by atoms with van der Waals surface area (Å²) in [5, 5.41) is 0. The minimum atomic E-state index is -3.59. The van der Waals surface area contributed by atoms with Crippen molar-refractivity contribution in [1.82, 2.24) is 0 Å². The maximum atomic E-state index is 12.6. The molecule has 5 heteroatoms. The Bertz CT molecular complexity index is 1300. The van der Waals surface area contributed by atoms with Crippen LogP contribution in [0.3, 0.4) is 0 Å². The van der Waals surface area contributed by atoms with Gasteiger partial charge in [0.2, 0.25) is 5.75 Å². The molecule has 0 aromatic heterocycles. The molecular formula is C24H15O4P. The minimum absolute atomic E-state index is 0.422. The van der Waals surface area contributed by atoms with Gasteiger partial charge in [-0.25, -0.2) is 0 Å². The summed E-state index contributed by atoms with van der Waals surface area (Å²) in [6.07, 6.45) is 0. The van der Waals surface area contributed by atoms with Gasteiger partial charge in [-0.15, -0.1) is 0 Å². The topological polar surface area (TPSA) is 44.8 Å². The van der Waals surface area contributed by atoms with E-state index < -0.39 is 7.82 Å². The van der Waals surface area contributed by atoms with Crippen LogP contribution in [-0.4, -0.2) is 0 Å². The maximum Gasteiger partial charge on any atom is 0.647 e. The summed E-state index contributed by atoms with van der Waals surface area (Å²) in [5.41, 5.74) is 5.96. The second-order valence-corrected chi connectivity index (χ2v) is 8.40. The van der Waals surface area contributed by atoms with Crippen molar-refractivity contribution < 1.29 is 18.1 Å². The van der Waals surface area contributed by atoms with Gasteiger partial charge in [-0.1, -0.05) is 84.9 Å². The highest BCUT2D eigenvalue weighted by Crippen LogP contribution is 2.72. The lowest BCUT2D eigenvalue weighted by Gasteiger charge is -2.20. The van der Waals surface area contributed by atoms with Gasteiger partial charge >= 0.3 is 7.82 Å². The largest absolute Gasteiger partial charge is 0.647 e. The molecule has 0 amide bonds. The van der Waals surface area contributed by atoms with Gasteiger partial charge in [-0.05, 0) is 33.9 Å². The van der Waals surface area contributed by atoms with E-state index in [4.69, 9.17) is 13.6 Å². The highest BCUT2D eigenvalue weighted by Gasteiger charge is 2.52. The Kier molecular flexibility index (Phi) is 3.41. The van der Waals surface area contributed by atoms with Crippen LogP contribution in [0.2, 0.25) is 0 Å². The molecule has 2 aliphatic rings. The van der Waals surface area contributed by atoms with E-state index in [-0.39, 0.29) is 0 Å². The Morgan fingerprint density at radius 3 is 1.76 bits per heavy atom. The van der Waals surface area contributed by atoms with E-state index in [1.54, 1.807) is 0 Å². The average Bonchev–Trinajstić information content (AvgIpc) is 3.29. The van der Waals surface area contributed by atoms with Crippen molar-refractivity contribution in [2.45, 2.75) is 0 Å². The van der Waals surface area contributed by atoms with Crippen LogP contribution >= 0.6 is 7.82 Å². The third kappa shape index (κ3) is 2.50. The molecule has 0 N–H and O–H groups in total. The highest BCUT2D eigenvalue weighted by molar-refractivity contribution is 7.50. The molecule has 2 bridgehead atoms. The molecule has 29 heavy (non-hydrogen) atoms. The maximum absolute atomic E-state index is 12.6. The summed E-state index contributed by atoms with van der Waals surface area (Å²) in [6.45, 7) is 0. The molecule has 1 atom stereocenters. The molecule has 0 saturated heterocycles. The van der Waals surface area contributed by atoms with E-state index in [9.17, 15) is 4.57 Å². The third-order valence-electron chi connectivity index (χ3n) is 5.18. The van der Waals surface area contributed by atoms with Crippen LogP contribution in [0, 0.1) is 0 Å². The summed E-state index contributed by atoms with van der Waals surface area (Å²) in [6, 6.07) is 30.3. The average molecular weight is 398 g/mol. The number of fused-ring (bicyclic) bond motifs is 1. The quantitative estimate of drug-likeness (QED) is 0.350. The Hall–Kier alpha value is -3.49. The van der Waals surface area contributed by atoms with Crippen molar-refractivity contribution in [1.29, 1.82) is 0 Å². The first kappa shape index (κ1) is 16.5. The zero-order chi connectivity index (χ0) is 19.4. The van der Waals surface area contributed by atoms with E-state index in [0.717, 1.165) is 33.4 Å². The summed E-state index contributed by atoms with van der Waals surface area (Å²) >= 11 is 0. The van der Waals surface area contributed by atoms with Gasteiger partial charge in [0.05, 0.1) is 0 Å². The zero-order valence-corrected chi connectivity index (χ0v) is 16.1. The van der Waals surface area contributed by atoms with Crippen LogP contribution in [0.5, 0.6) is 17.2 Å². The lowest BCUT2D eigenvalue weighted by molar-refractivity contribution is 0.354. The van der Waals surface area contributed by atoms with E-state index in [2.05, 4.69) is 24.3 Å². The van der Waals surface area contributed by atoms with Crippen molar-refractivity contribution >= 4 is 7.82 Å². The van der Waals surface area contributed by atoms with Gasteiger partial charge in [0.25, 0.3) is 0 Å². The molecule has 2 heterocycles. The summed E-state index contributed by atoms with van der Waals surface area (Å²) < 4.78 is 29.3. The Labute approximate surface area is 167 Å². The van der Waals surface area contributed by atoms with Crippen LogP contribution < -0.4 is 13.6 Å². The predicted octanol–water partition coefficient (Wildman–Crippen LogP) is 6.96. The Morgan fingerprint density at radius 2 is 1.10 bits per heavy atom. The van der Waals surface area contributed by atoms with Gasteiger partial charge in [-0.3, -0.25) is 0 Å². The number of phosphoric acid groups is 1.